The van der Waals surface area contributed by atoms with Crippen LogP contribution >= 0.6 is 0 Å². The molecule has 30 heavy (non-hydrogen) atoms. The van der Waals surface area contributed by atoms with Crippen molar-refractivity contribution in [2.24, 2.45) is 23.2 Å². The molecule has 0 atom stereocenters. The van der Waals surface area contributed by atoms with E-state index in [1.54, 1.807) is 7.05 Å². The highest BCUT2D eigenvalue weighted by Gasteiger charge is 2.51. The molecule has 4 aliphatic rings. The molecule has 3 amide bonds. The van der Waals surface area contributed by atoms with Gasteiger partial charge in [-0.3, -0.25) is 14.4 Å². The van der Waals surface area contributed by atoms with Gasteiger partial charge in [0.15, 0.2) is 0 Å². The van der Waals surface area contributed by atoms with Crippen LogP contribution in [0.4, 0.5) is 5.69 Å². The predicted molar refractivity (Wildman–Crippen MR) is 116 cm³/mol. The highest BCUT2D eigenvalue weighted by molar-refractivity contribution is 5.95. The van der Waals surface area contributed by atoms with Gasteiger partial charge >= 0.3 is 0 Å². The first kappa shape index (κ1) is 20.9. The molecule has 1 aromatic carbocycles. The number of nitrogens with zero attached hydrogens (tertiary/aromatic N) is 1. The number of benzene rings is 1. The van der Waals surface area contributed by atoms with Gasteiger partial charge in [0.1, 0.15) is 0 Å². The maximum Gasteiger partial charge on any atom is 0.243 e. The maximum atomic E-state index is 12.6. The van der Waals surface area contributed by atoms with Gasteiger partial charge in [0.05, 0.1) is 13.1 Å². The molecule has 6 nitrogen and oxygen atoms in total. The third kappa shape index (κ3) is 4.85. The summed E-state index contributed by atoms with van der Waals surface area (Å²) >= 11 is 0. The second-order valence-electron chi connectivity index (χ2n) is 10.0. The van der Waals surface area contributed by atoms with Crippen molar-refractivity contribution in [1.29, 1.82) is 0 Å². The van der Waals surface area contributed by atoms with Gasteiger partial charge in [-0.25, -0.2) is 0 Å². The zero-order valence-electron chi connectivity index (χ0n) is 18.1. The van der Waals surface area contributed by atoms with E-state index < -0.39 is 0 Å². The fourth-order valence-electron chi connectivity index (χ4n) is 6.36. The van der Waals surface area contributed by atoms with Crippen molar-refractivity contribution in [2.45, 2.75) is 51.9 Å². The molecule has 0 aliphatic heterocycles. The molecule has 2 N–H and O–H groups in total. The van der Waals surface area contributed by atoms with Crippen molar-refractivity contribution in [2.75, 3.05) is 25.5 Å². The van der Waals surface area contributed by atoms with Crippen LogP contribution in [-0.2, 0) is 14.4 Å². The molecule has 0 heterocycles. The molecule has 162 valence electrons. The minimum Gasteiger partial charge on any atom is -0.347 e. The minimum atomic E-state index is -0.257. The Hall–Kier alpha value is -2.37. The fraction of sp³-hybridized carbons (Fsp3) is 0.625. The number of carbonyl (C=O) groups is 3. The van der Waals surface area contributed by atoms with Crippen LogP contribution in [0.5, 0.6) is 0 Å². The third-order valence-corrected chi connectivity index (χ3v) is 7.28. The van der Waals surface area contributed by atoms with E-state index in [0.29, 0.717) is 12.1 Å². The fourth-order valence-corrected chi connectivity index (χ4v) is 6.36. The van der Waals surface area contributed by atoms with E-state index in [9.17, 15) is 14.4 Å². The number of rotatable bonds is 7. The summed E-state index contributed by atoms with van der Waals surface area (Å²) < 4.78 is 0. The lowest BCUT2D eigenvalue weighted by Crippen LogP contribution is -2.48. The van der Waals surface area contributed by atoms with Crippen LogP contribution in [0.25, 0.3) is 0 Å². The van der Waals surface area contributed by atoms with Gasteiger partial charge in [-0.1, -0.05) is 17.7 Å². The lowest BCUT2D eigenvalue weighted by molar-refractivity contribution is -0.136. The Kier molecular flexibility index (Phi) is 5.85. The summed E-state index contributed by atoms with van der Waals surface area (Å²) in [5.41, 5.74) is 1.99. The van der Waals surface area contributed by atoms with E-state index in [0.717, 1.165) is 23.3 Å². The molecule has 4 bridgehead atoms. The second kappa shape index (κ2) is 8.40. The Morgan fingerprint density at radius 1 is 0.967 bits per heavy atom. The summed E-state index contributed by atoms with van der Waals surface area (Å²) in [6.07, 6.45) is 8.15. The van der Waals surface area contributed by atoms with Gasteiger partial charge in [0.2, 0.25) is 17.7 Å². The van der Waals surface area contributed by atoms with Crippen molar-refractivity contribution >= 4 is 23.4 Å². The van der Waals surface area contributed by atoms with Crippen molar-refractivity contribution < 1.29 is 14.4 Å². The standard InChI is InChI=1S/C24H33N3O3/c1-16-3-5-20(6-4-16)26-22(29)15-27(2)23(30)14-25-21(28)13-24-10-17-7-18(11-24)9-19(8-17)12-24/h3-6,17-19H,7-15H2,1-2H3,(H,25,28)(H,26,29). The molecule has 5 rings (SSSR count). The quantitative estimate of drug-likeness (QED) is 0.724. The largest absolute Gasteiger partial charge is 0.347 e. The SMILES string of the molecule is Cc1ccc(NC(=O)CN(C)C(=O)CNC(=O)CC23CC4CC(CC(C4)C2)C3)cc1. The monoisotopic (exact) mass is 411 g/mol. The normalized spacial score (nSPS) is 28.8. The average molecular weight is 412 g/mol. The molecule has 4 fully saturated rings. The minimum absolute atomic E-state index is 0.0252. The molecular weight excluding hydrogens is 378 g/mol. The van der Waals surface area contributed by atoms with E-state index in [2.05, 4.69) is 10.6 Å². The number of likely N-dealkylation sites (N-methyl/N-ethyl adjacent to an activating group) is 1. The summed E-state index contributed by atoms with van der Waals surface area (Å²) in [7, 11) is 1.59. The number of hydrogen-bond acceptors (Lipinski definition) is 3. The first-order valence-electron chi connectivity index (χ1n) is 11.2. The van der Waals surface area contributed by atoms with Crippen LogP contribution in [-0.4, -0.2) is 42.8 Å². The lowest BCUT2D eigenvalue weighted by Gasteiger charge is -2.56. The highest BCUT2D eigenvalue weighted by atomic mass is 16.2. The molecule has 1 aromatic rings. The van der Waals surface area contributed by atoms with E-state index in [1.807, 2.05) is 31.2 Å². The Labute approximate surface area is 178 Å². The van der Waals surface area contributed by atoms with E-state index in [4.69, 9.17) is 0 Å². The van der Waals surface area contributed by atoms with E-state index >= 15 is 0 Å². The smallest absolute Gasteiger partial charge is 0.243 e. The average Bonchev–Trinajstić information content (AvgIpc) is 2.66. The molecule has 6 heteroatoms. The first-order valence-corrected chi connectivity index (χ1v) is 11.2. The van der Waals surface area contributed by atoms with Crippen molar-refractivity contribution in [3.05, 3.63) is 29.8 Å². The zero-order chi connectivity index (χ0) is 21.3. The van der Waals surface area contributed by atoms with Gasteiger partial charge in [-0.05, 0) is 80.8 Å². The van der Waals surface area contributed by atoms with E-state index in [1.165, 1.54) is 43.4 Å². The number of hydrogen-bond donors (Lipinski definition) is 2. The molecule has 0 aromatic heterocycles. The van der Waals surface area contributed by atoms with Gasteiger partial charge in [0, 0.05) is 19.2 Å². The molecule has 0 radical (unpaired) electrons. The maximum absolute atomic E-state index is 12.6. The highest BCUT2D eigenvalue weighted by Crippen LogP contribution is 2.61. The number of anilines is 1. The lowest BCUT2D eigenvalue weighted by atomic mass is 9.49. The number of amides is 3. The van der Waals surface area contributed by atoms with Gasteiger partial charge in [-0.15, -0.1) is 0 Å². The predicted octanol–water partition coefficient (Wildman–Crippen LogP) is 3.11. The summed E-state index contributed by atoms with van der Waals surface area (Å²) in [6, 6.07) is 7.51. The summed E-state index contributed by atoms with van der Waals surface area (Å²) in [4.78, 5) is 38.5. The zero-order valence-corrected chi connectivity index (χ0v) is 18.1. The Bertz CT molecular complexity index is 782. The number of aryl methyl sites for hydroxylation is 1. The second-order valence-corrected chi connectivity index (χ2v) is 10.0. The Morgan fingerprint density at radius 3 is 2.10 bits per heavy atom. The van der Waals surface area contributed by atoms with Crippen molar-refractivity contribution in [3.8, 4) is 0 Å². The van der Waals surface area contributed by atoms with Crippen LogP contribution in [0.1, 0.15) is 50.5 Å². The Balaban J connectivity index is 1.20. The van der Waals surface area contributed by atoms with Crippen molar-refractivity contribution in [3.63, 3.8) is 0 Å². The molecule has 0 unspecified atom stereocenters. The summed E-state index contributed by atoms with van der Waals surface area (Å²) in [6.45, 7) is 1.88. The molecule has 0 saturated heterocycles. The molecule has 4 aliphatic carbocycles. The molecule has 0 spiro atoms. The summed E-state index contributed by atoms with van der Waals surface area (Å²) in [5, 5.41) is 5.59. The van der Waals surface area contributed by atoms with Crippen LogP contribution in [0, 0.1) is 30.1 Å². The topological polar surface area (TPSA) is 78.5 Å². The van der Waals surface area contributed by atoms with Crippen molar-refractivity contribution in [1.82, 2.24) is 10.2 Å². The van der Waals surface area contributed by atoms with Crippen LogP contribution < -0.4 is 10.6 Å². The van der Waals surface area contributed by atoms with Crippen LogP contribution in [0.3, 0.4) is 0 Å². The third-order valence-electron chi connectivity index (χ3n) is 7.28. The molecular formula is C24H33N3O3. The first-order chi connectivity index (χ1) is 14.3. The van der Waals surface area contributed by atoms with E-state index in [-0.39, 0.29) is 36.2 Å². The van der Waals surface area contributed by atoms with Gasteiger partial charge in [0.25, 0.3) is 0 Å². The number of carbonyl (C=O) groups excluding carboxylic acids is 3. The van der Waals surface area contributed by atoms with Gasteiger partial charge in [-0.2, -0.15) is 0 Å². The van der Waals surface area contributed by atoms with Crippen LogP contribution in [0.2, 0.25) is 0 Å². The Morgan fingerprint density at radius 2 is 1.53 bits per heavy atom. The molecule has 4 saturated carbocycles. The van der Waals surface area contributed by atoms with Crippen LogP contribution in [0.15, 0.2) is 24.3 Å². The summed E-state index contributed by atoms with van der Waals surface area (Å²) in [5.74, 6) is 1.89. The van der Waals surface area contributed by atoms with Gasteiger partial charge < -0.3 is 15.5 Å². The number of nitrogens with one attached hydrogen (secondary N) is 2.